The first-order valence-corrected chi connectivity index (χ1v) is 6.57. The zero-order valence-corrected chi connectivity index (χ0v) is 11.0. The molecule has 1 unspecified atom stereocenters. The van der Waals surface area contributed by atoms with Crippen molar-refractivity contribution in [3.63, 3.8) is 0 Å². The Balaban J connectivity index is 2.02. The molecule has 0 N–H and O–H groups in total. The van der Waals surface area contributed by atoms with E-state index in [1.165, 1.54) is 6.07 Å². The molecule has 0 spiro atoms. The molecule has 1 aromatic carbocycles. The van der Waals surface area contributed by atoms with Gasteiger partial charge in [-0.25, -0.2) is 9.67 Å². The zero-order valence-electron chi connectivity index (χ0n) is 11.0. The van der Waals surface area contributed by atoms with E-state index in [2.05, 4.69) is 17.0 Å². The van der Waals surface area contributed by atoms with Crippen molar-refractivity contribution in [2.45, 2.75) is 38.4 Å². The average Bonchev–Trinajstić information content (AvgIpc) is 2.83. The summed E-state index contributed by atoms with van der Waals surface area (Å²) >= 11 is 0. The van der Waals surface area contributed by atoms with Gasteiger partial charge in [0.25, 0.3) is 0 Å². The largest absolute Gasteiger partial charge is 0.416 e. The number of aryl methyl sites for hydroxylation is 1. The summed E-state index contributed by atoms with van der Waals surface area (Å²) in [5.41, 5.74) is -0.259. The lowest BCUT2D eigenvalue weighted by Crippen LogP contribution is -2.14. The summed E-state index contributed by atoms with van der Waals surface area (Å²) in [6.45, 7) is 2.85. The second-order valence-corrected chi connectivity index (χ2v) is 5.14. The first kappa shape index (κ1) is 13.1. The van der Waals surface area contributed by atoms with E-state index in [0.29, 0.717) is 17.3 Å². The molecule has 1 aliphatic rings. The number of hydrogen-bond donors (Lipinski definition) is 0. The van der Waals surface area contributed by atoms with Crippen LogP contribution >= 0.6 is 0 Å². The van der Waals surface area contributed by atoms with Crippen LogP contribution in [0.3, 0.4) is 0 Å². The van der Waals surface area contributed by atoms with Crippen molar-refractivity contribution in [2.75, 3.05) is 0 Å². The molecular formula is C14H14F3N3. The molecule has 1 aromatic heterocycles. The van der Waals surface area contributed by atoms with Crippen LogP contribution in [0.25, 0.3) is 11.4 Å². The van der Waals surface area contributed by atoms with Gasteiger partial charge in [-0.2, -0.15) is 18.3 Å². The van der Waals surface area contributed by atoms with Gasteiger partial charge >= 0.3 is 6.18 Å². The number of hydrogen-bond acceptors (Lipinski definition) is 2. The number of rotatable bonds is 1. The maximum absolute atomic E-state index is 12.7. The number of nitrogens with zero attached hydrogens (tertiary/aromatic N) is 3. The molecule has 0 fully saturated rings. The van der Waals surface area contributed by atoms with Crippen LogP contribution in [0.15, 0.2) is 24.3 Å². The highest BCUT2D eigenvalue weighted by Gasteiger charge is 2.31. The minimum atomic E-state index is -4.34. The second kappa shape index (κ2) is 4.61. The third-order valence-corrected chi connectivity index (χ3v) is 3.60. The predicted octanol–water partition coefficient (Wildman–Crippen LogP) is 3.86. The predicted molar refractivity (Wildman–Crippen MR) is 68.1 cm³/mol. The van der Waals surface area contributed by atoms with Crippen molar-refractivity contribution in [3.05, 3.63) is 35.7 Å². The molecule has 20 heavy (non-hydrogen) atoms. The van der Waals surface area contributed by atoms with Crippen LogP contribution in [0.5, 0.6) is 0 Å². The van der Waals surface area contributed by atoms with Crippen molar-refractivity contribution in [1.82, 2.24) is 14.8 Å². The Hall–Kier alpha value is -1.85. The molecule has 0 aliphatic carbocycles. The topological polar surface area (TPSA) is 30.7 Å². The summed E-state index contributed by atoms with van der Waals surface area (Å²) in [6, 6.07) is 5.16. The highest BCUT2D eigenvalue weighted by molar-refractivity contribution is 5.56. The van der Waals surface area contributed by atoms with Crippen LogP contribution in [0.4, 0.5) is 13.2 Å². The van der Waals surface area contributed by atoms with Crippen LogP contribution in [0.2, 0.25) is 0 Å². The standard InChI is InChI=1S/C14H14F3N3/c1-9-4-3-7-20-13(9)18-12(19-20)10-5-2-6-11(8-10)14(15,16)17/h2,5-6,8-9H,3-4,7H2,1H3. The molecule has 0 saturated heterocycles. The van der Waals surface area contributed by atoms with Gasteiger partial charge in [0, 0.05) is 18.0 Å². The quantitative estimate of drug-likeness (QED) is 0.794. The Kier molecular flexibility index (Phi) is 3.03. The molecule has 2 aromatic rings. The van der Waals surface area contributed by atoms with Crippen LogP contribution in [-0.4, -0.2) is 14.8 Å². The lowest BCUT2D eigenvalue weighted by atomic mass is 10.0. The summed E-state index contributed by atoms with van der Waals surface area (Å²) < 4.78 is 40.0. The number of aromatic nitrogens is 3. The zero-order chi connectivity index (χ0) is 14.3. The van der Waals surface area contributed by atoms with Crippen LogP contribution in [-0.2, 0) is 12.7 Å². The van der Waals surface area contributed by atoms with E-state index in [4.69, 9.17) is 0 Å². The lowest BCUT2D eigenvalue weighted by Gasteiger charge is -2.17. The average molecular weight is 281 g/mol. The maximum Gasteiger partial charge on any atom is 0.416 e. The van der Waals surface area contributed by atoms with Gasteiger partial charge in [0.2, 0.25) is 0 Å². The molecule has 1 atom stereocenters. The van der Waals surface area contributed by atoms with E-state index in [-0.39, 0.29) is 0 Å². The number of halogens is 3. The Bertz CT molecular complexity index is 631. The monoisotopic (exact) mass is 281 g/mol. The molecular weight excluding hydrogens is 267 g/mol. The first-order valence-electron chi connectivity index (χ1n) is 6.57. The van der Waals surface area contributed by atoms with E-state index < -0.39 is 11.7 Å². The summed E-state index contributed by atoms with van der Waals surface area (Å²) in [7, 11) is 0. The Labute approximate surface area is 114 Å². The first-order chi connectivity index (χ1) is 9.45. The Morgan fingerprint density at radius 1 is 1.30 bits per heavy atom. The van der Waals surface area contributed by atoms with Gasteiger partial charge in [-0.05, 0) is 25.0 Å². The fourth-order valence-electron chi connectivity index (χ4n) is 2.52. The van der Waals surface area contributed by atoms with Gasteiger partial charge in [-0.3, -0.25) is 0 Å². The fraction of sp³-hybridized carbons (Fsp3) is 0.429. The van der Waals surface area contributed by atoms with Gasteiger partial charge in [-0.15, -0.1) is 0 Å². The molecule has 3 rings (SSSR count). The summed E-state index contributed by atoms with van der Waals surface area (Å²) in [4.78, 5) is 4.41. The number of alkyl halides is 3. The highest BCUT2D eigenvalue weighted by atomic mass is 19.4. The molecule has 0 radical (unpaired) electrons. The normalized spacial score (nSPS) is 18.9. The third kappa shape index (κ3) is 2.30. The van der Waals surface area contributed by atoms with E-state index >= 15 is 0 Å². The summed E-state index contributed by atoms with van der Waals surface area (Å²) in [5, 5.41) is 4.33. The third-order valence-electron chi connectivity index (χ3n) is 3.60. The molecule has 2 heterocycles. The van der Waals surface area contributed by atoms with Crippen molar-refractivity contribution >= 4 is 0 Å². The molecule has 106 valence electrons. The van der Waals surface area contributed by atoms with E-state index in [9.17, 15) is 13.2 Å². The van der Waals surface area contributed by atoms with Crippen LogP contribution in [0.1, 0.15) is 37.1 Å². The summed E-state index contributed by atoms with van der Waals surface area (Å²) in [5.74, 6) is 1.54. The molecule has 1 aliphatic heterocycles. The molecule has 0 saturated carbocycles. The highest BCUT2D eigenvalue weighted by Crippen LogP contribution is 2.32. The van der Waals surface area contributed by atoms with Gasteiger partial charge in [0.05, 0.1) is 5.56 Å². The number of benzene rings is 1. The van der Waals surface area contributed by atoms with Gasteiger partial charge < -0.3 is 0 Å². The van der Waals surface area contributed by atoms with Crippen molar-refractivity contribution in [2.24, 2.45) is 0 Å². The molecule has 0 bridgehead atoms. The number of fused-ring (bicyclic) bond motifs is 1. The smallest absolute Gasteiger partial charge is 0.249 e. The Morgan fingerprint density at radius 3 is 2.80 bits per heavy atom. The Morgan fingerprint density at radius 2 is 2.10 bits per heavy atom. The summed E-state index contributed by atoms with van der Waals surface area (Å²) in [6.07, 6.45) is -2.27. The molecule has 3 nitrogen and oxygen atoms in total. The van der Waals surface area contributed by atoms with Crippen molar-refractivity contribution < 1.29 is 13.2 Å². The van der Waals surface area contributed by atoms with Crippen LogP contribution < -0.4 is 0 Å². The molecule has 0 amide bonds. The van der Waals surface area contributed by atoms with E-state index in [1.807, 2.05) is 4.68 Å². The van der Waals surface area contributed by atoms with Gasteiger partial charge in [0.15, 0.2) is 5.82 Å². The van der Waals surface area contributed by atoms with E-state index in [1.54, 1.807) is 6.07 Å². The van der Waals surface area contributed by atoms with Gasteiger partial charge in [-0.1, -0.05) is 19.1 Å². The SMILES string of the molecule is CC1CCCn2nc(-c3cccc(C(F)(F)F)c3)nc21. The van der Waals surface area contributed by atoms with Crippen molar-refractivity contribution in [1.29, 1.82) is 0 Å². The van der Waals surface area contributed by atoms with Crippen molar-refractivity contribution in [3.8, 4) is 11.4 Å². The van der Waals surface area contributed by atoms with Crippen LogP contribution in [0, 0.1) is 0 Å². The van der Waals surface area contributed by atoms with Gasteiger partial charge in [0.1, 0.15) is 5.82 Å². The minimum Gasteiger partial charge on any atom is -0.249 e. The maximum atomic E-state index is 12.7. The molecule has 6 heteroatoms. The second-order valence-electron chi connectivity index (χ2n) is 5.14. The fourth-order valence-corrected chi connectivity index (χ4v) is 2.52. The lowest BCUT2D eigenvalue weighted by molar-refractivity contribution is -0.137. The minimum absolute atomic E-state index is 0.302. The van der Waals surface area contributed by atoms with E-state index in [0.717, 1.165) is 37.3 Å².